The number of aromatic nitrogens is 3. The Morgan fingerprint density at radius 1 is 1.05 bits per heavy atom. The molecule has 0 saturated heterocycles. The number of benzene rings is 2. The highest BCUT2D eigenvalue weighted by Gasteiger charge is 2.17. The maximum absolute atomic E-state index is 10.1. The molecule has 22 heavy (non-hydrogen) atoms. The Labute approximate surface area is 130 Å². The van der Waals surface area contributed by atoms with Crippen LogP contribution in [0.5, 0.6) is 17.2 Å². The van der Waals surface area contributed by atoms with Gasteiger partial charge in [0.15, 0.2) is 10.6 Å². The molecule has 1 aromatic heterocycles. The molecule has 0 spiro atoms. The van der Waals surface area contributed by atoms with Crippen LogP contribution in [0.1, 0.15) is 5.56 Å². The Hall–Kier alpha value is -2.80. The zero-order valence-corrected chi connectivity index (χ0v) is 12.4. The number of rotatable bonds is 2. The van der Waals surface area contributed by atoms with Gasteiger partial charge in [-0.3, -0.25) is 9.67 Å². The second-order valence-corrected chi connectivity index (χ2v) is 5.27. The summed E-state index contributed by atoms with van der Waals surface area (Å²) in [6, 6.07) is 9.29. The Balaban J connectivity index is 2.29. The largest absolute Gasteiger partial charge is 0.508 e. The van der Waals surface area contributed by atoms with Crippen LogP contribution in [0.3, 0.4) is 0 Å². The molecule has 112 valence electrons. The standard InChI is InChI=1S/C15H13N3O3S/c1-8-2-5-12(20)11(6-8)18-14(16-17-15(18)22)10-4-3-9(19)7-13(10)21/h2-7,19-21H,1H3,(H,17,22). The Kier molecular flexibility index (Phi) is 3.34. The lowest BCUT2D eigenvalue weighted by atomic mass is 10.1. The van der Waals surface area contributed by atoms with Gasteiger partial charge in [-0.05, 0) is 49.0 Å². The first-order valence-electron chi connectivity index (χ1n) is 6.47. The van der Waals surface area contributed by atoms with E-state index in [-0.39, 0.29) is 22.0 Å². The van der Waals surface area contributed by atoms with E-state index in [0.29, 0.717) is 17.1 Å². The van der Waals surface area contributed by atoms with E-state index in [4.69, 9.17) is 12.2 Å². The molecule has 3 aromatic rings. The van der Waals surface area contributed by atoms with Crippen molar-refractivity contribution in [2.24, 2.45) is 0 Å². The highest BCUT2D eigenvalue weighted by molar-refractivity contribution is 7.71. The lowest BCUT2D eigenvalue weighted by molar-refractivity contribution is 0.451. The van der Waals surface area contributed by atoms with Gasteiger partial charge >= 0.3 is 0 Å². The number of hydrogen-bond donors (Lipinski definition) is 4. The van der Waals surface area contributed by atoms with E-state index in [0.717, 1.165) is 5.56 Å². The molecule has 0 fully saturated rings. The molecule has 4 N–H and O–H groups in total. The van der Waals surface area contributed by atoms with Crippen LogP contribution in [0.4, 0.5) is 0 Å². The van der Waals surface area contributed by atoms with Crippen LogP contribution in [-0.2, 0) is 0 Å². The maximum atomic E-state index is 10.1. The monoisotopic (exact) mass is 315 g/mol. The molecule has 0 atom stereocenters. The van der Waals surface area contributed by atoms with Gasteiger partial charge in [0.2, 0.25) is 0 Å². The summed E-state index contributed by atoms with van der Waals surface area (Å²) in [4.78, 5) is 0. The summed E-state index contributed by atoms with van der Waals surface area (Å²) >= 11 is 5.23. The molecule has 0 aliphatic heterocycles. The van der Waals surface area contributed by atoms with Crippen LogP contribution in [-0.4, -0.2) is 30.1 Å². The van der Waals surface area contributed by atoms with Gasteiger partial charge in [0, 0.05) is 6.07 Å². The number of H-pyrrole nitrogens is 1. The number of aryl methyl sites for hydroxylation is 1. The van der Waals surface area contributed by atoms with E-state index < -0.39 is 0 Å². The third-order valence-electron chi connectivity index (χ3n) is 3.27. The lowest BCUT2D eigenvalue weighted by Gasteiger charge is -2.11. The molecule has 0 unspecified atom stereocenters. The van der Waals surface area contributed by atoms with Crippen molar-refractivity contribution < 1.29 is 15.3 Å². The van der Waals surface area contributed by atoms with Crippen LogP contribution in [0, 0.1) is 11.7 Å². The van der Waals surface area contributed by atoms with Crippen LogP contribution < -0.4 is 0 Å². The molecule has 7 heteroatoms. The van der Waals surface area contributed by atoms with Crippen molar-refractivity contribution in [3.8, 4) is 34.3 Å². The van der Waals surface area contributed by atoms with Gasteiger partial charge in [-0.1, -0.05) is 6.07 Å². The highest BCUT2D eigenvalue weighted by Crippen LogP contribution is 2.34. The number of aromatic amines is 1. The summed E-state index contributed by atoms with van der Waals surface area (Å²) in [6.45, 7) is 1.89. The summed E-state index contributed by atoms with van der Waals surface area (Å²) in [5, 5.41) is 36.3. The number of nitrogens with one attached hydrogen (secondary N) is 1. The van der Waals surface area contributed by atoms with Gasteiger partial charge in [0.1, 0.15) is 17.2 Å². The van der Waals surface area contributed by atoms with Gasteiger partial charge in [0.05, 0.1) is 11.3 Å². The van der Waals surface area contributed by atoms with Crippen LogP contribution in [0.2, 0.25) is 0 Å². The quantitative estimate of drug-likeness (QED) is 0.545. The Morgan fingerprint density at radius 3 is 2.55 bits per heavy atom. The summed E-state index contributed by atoms with van der Waals surface area (Å²) in [6.07, 6.45) is 0. The third-order valence-corrected chi connectivity index (χ3v) is 3.54. The number of aromatic hydroxyl groups is 3. The first-order valence-corrected chi connectivity index (χ1v) is 6.88. The fourth-order valence-corrected chi connectivity index (χ4v) is 2.45. The van der Waals surface area contributed by atoms with Crippen molar-refractivity contribution in [1.29, 1.82) is 0 Å². The normalized spacial score (nSPS) is 10.8. The van der Waals surface area contributed by atoms with Gasteiger partial charge < -0.3 is 15.3 Å². The average Bonchev–Trinajstić information content (AvgIpc) is 2.83. The summed E-state index contributed by atoms with van der Waals surface area (Å²) in [5.41, 5.74) is 1.78. The number of hydrogen-bond acceptors (Lipinski definition) is 5. The van der Waals surface area contributed by atoms with Crippen molar-refractivity contribution >= 4 is 12.2 Å². The summed E-state index contributed by atoms with van der Waals surface area (Å²) in [7, 11) is 0. The van der Waals surface area contributed by atoms with E-state index >= 15 is 0 Å². The molecule has 6 nitrogen and oxygen atoms in total. The predicted molar refractivity (Wildman–Crippen MR) is 83.9 cm³/mol. The van der Waals surface area contributed by atoms with Crippen molar-refractivity contribution in [3.63, 3.8) is 0 Å². The molecular formula is C15H13N3O3S. The van der Waals surface area contributed by atoms with E-state index in [1.54, 1.807) is 18.2 Å². The molecule has 2 aromatic carbocycles. The Morgan fingerprint density at radius 2 is 1.82 bits per heavy atom. The molecule has 0 amide bonds. The zero-order chi connectivity index (χ0) is 15.9. The van der Waals surface area contributed by atoms with Gasteiger partial charge in [-0.25, -0.2) is 0 Å². The molecule has 0 bridgehead atoms. The summed E-state index contributed by atoms with van der Waals surface area (Å²) < 4.78 is 1.81. The van der Waals surface area contributed by atoms with E-state index in [1.807, 2.05) is 6.92 Å². The molecule has 0 radical (unpaired) electrons. The maximum Gasteiger partial charge on any atom is 0.200 e. The van der Waals surface area contributed by atoms with E-state index in [9.17, 15) is 15.3 Å². The smallest absolute Gasteiger partial charge is 0.200 e. The van der Waals surface area contributed by atoms with E-state index in [1.165, 1.54) is 22.8 Å². The minimum absolute atomic E-state index is 0.0441. The summed E-state index contributed by atoms with van der Waals surface area (Å²) in [5.74, 6) is 0.189. The SMILES string of the molecule is Cc1ccc(O)c(-n2c(-c3ccc(O)cc3O)n[nH]c2=S)c1. The van der Waals surface area contributed by atoms with Crippen LogP contribution in [0.25, 0.3) is 17.1 Å². The van der Waals surface area contributed by atoms with Crippen molar-refractivity contribution in [2.75, 3.05) is 0 Å². The fraction of sp³-hybridized carbons (Fsp3) is 0.0667. The lowest BCUT2D eigenvalue weighted by Crippen LogP contribution is -1.99. The zero-order valence-electron chi connectivity index (χ0n) is 11.6. The van der Waals surface area contributed by atoms with E-state index in [2.05, 4.69) is 10.2 Å². The topological polar surface area (TPSA) is 94.3 Å². The van der Waals surface area contributed by atoms with Crippen molar-refractivity contribution in [2.45, 2.75) is 6.92 Å². The minimum Gasteiger partial charge on any atom is -0.508 e. The van der Waals surface area contributed by atoms with Gasteiger partial charge in [-0.15, -0.1) is 0 Å². The van der Waals surface area contributed by atoms with Crippen LogP contribution in [0.15, 0.2) is 36.4 Å². The molecule has 0 saturated carbocycles. The second kappa shape index (κ2) is 5.19. The predicted octanol–water partition coefficient (Wildman–Crippen LogP) is 3.02. The highest BCUT2D eigenvalue weighted by atomic mass is 32.1. The number of phenols is 3. The van der Waals surface area contributed by atoms with Crippen molar-refractivity contribution in [1.82, 2.24) is 14.8 Å². The van der Waals surface area contributed by atoms with Gasteiger partial charge in [-0.2, -0.15) is 5.10 Å². The first kappa shape index (κ1) is 14.2. The van der Waals surface area contributed by atoms with Crippen molar-refractivity contribution in [3.05, 3.63) is 46.7 Å². The minimum atomic E-state index is -0.137. The third kappa shape index (κ3) is 2.31. The van der Waals surface area contributed by atoms with Gasteiger partial charge in [0.25, 0.3) is 0 Å². The number of phenolic OH excluding ortho intramolecular Hbond substituents is 3. The fourth-order valence-electron chi connectivity index (χ4n) is 2.22. The molecule has 0 aliphatic carbocycles. The second-order valence-electron chi connectivity index (χ2n) is 4.88. The van der Waals surface area contributed by atoms with Crippen LogP contribution >= 0.6 is 12.2 Å². The molecular weight excluding hydrogens is 302 g/mol. The average molecular weight is 315 g/mol. The Bertz CT molecular complexity index is 915. The number of nitrogens with zero attached hydrogens (tertiary/aromatic N) is 2. The molecule has 1 heterocycles. The molecule has 3 rings (SSSR count). The first-order chi connectivity index (χ1) is 10.5. The molecule has 0 aliphatic rings.